The van der Waals surface area contributed by atoms with Crippen molar-refractivity contribution in [1.29, 1.82) is 0 Å². The first-order valence-electron chi connectivity index (χ1n) is 6.37. The molecule has 0 aromatic heterocycles. The van der Waals surface area contributed by atoms with Gasteiger partial charge in [-0.25, -0.2) is 4.99 Å². The minimum atomic E-state index is -0.327. The zero-order chi connectivity index (χ0) is 14.8. The van der Waals surface area contributed by atoms with E-state index in [4.69, 9.17) is 4.74 Å². The molecule has 3 rings (SSSR count). The fraction of sp³-hybridized carbons (Fsp3) is 0.0625. The maximum atomic E-state index is 12.3. The third-order valence-corrected chi connectivity index (χ3v) is 3.16. The summed E-state index contributed by atoms with van der Waals surface area (Å²) >= 11 is 0. The molecule has 0 saturated carbocycles. The molecule has 0 bridgehead atoms. The van der Waals surface area contributed by atoms with Gasteiger partial charge in [0.05, 0.1) is 18.4 Å². The molecular formula is C16H12N2O3. The fourth-order valence-electron chi connectivity index (χ4n) is 2.13. The number of ether oxygens (including phenoxy) is 1. The van der Waals surface area contributed by atoms with Crippen LogP contribution < -0.4 is 10.1 Å². The molecule has 0 aliphatic carbocycles. The maximum Gasteiger partial charge on any atom is 0.257 e. The number of fused-ring (bicyclic) bond motifs is 1. The van der Waals surface area contributed by atoms with Gasteiger partial charge < -0.3 is 10.1 Å². The molecule has 1 heterocycles. The van der Waals surface area contributed by atoms with Gasteiger partial charge in [0.2, 0.25) is 5.78 Å². The Bertz CT molecular complexity index is 766. The summed E-state index contributed by atoms with van der Waals surface area (Å²) in [6.45, 7) is 0. The van der Waals surface area contributed by atoms with E-state index in [0.717, 1.165) is 0 Å². The van der Waals surface area contributed by atoms with Crippen LogP contribution in [0.1, 0.15) is 20.7 Å². The number of rotatable bonds is 2. The first-order valence-corrected chi connectivity index (χ1v) is 6.37. The van der Waals surface area contributed by atoms with Crippen LogP contribution >= 0.6 is 0 Å². The summed E-state index contributed by atoms with van der Waals surface area (Å²) in [7, 11) is 1.55. The van der Waals surface area contributed by atoms with Crippen molar-refractivity contribution in [2.45, 2.75) is 0 Å². The van der Waals surface area contributed by atoms with E-state index in [9.17, 15) is 9.59 Å². The molecule has 1 amide bonds. The molecule has 0 fully saturated rings. The number of nitrogens with one attached hydrogen (secondary N) is 1. The molecule has 0 atom stereocenters. The molecule has 1 aliphatic rings. The van der Waals surface area contributed by atoms with E-state index < -0.39 is 0 Å². The van der Waals surface area contributed by atoms with Gasteiger partial charge in [-0.1, -0.05) is 24.3 Å². The Morgan fingerprint density at radius 2 is 1.76 bits per heavy atom. The molecule has 104 valence electrons. The van der Waals surface area contributed by atoms with Gasteiger partial charge in [0, 0.05) is 11.6 Å². The Labute approximate surface area is 121 Å². The SMILES string of the molecule is COc1cccc(N=C2NC(=O)c3ccccc3C2=O)c1. The van der Waals surface area contributed by atoms with Crippen molar-refractivity contribution in [3.05, 3.63) is 59.7 Å². The molecule has 1 N–H and O–H groups in total. The van der Waals surface area contributed by atoms with E-state index in [-0.39, 0.29) is 17.5 Å². The summed E-state index contributed by atoms with van der Waals surface area (Å²) in [6.07, 6.45) is 0. The van der Waals surface area contributed by atoms with Gasteiger partial charge in [-0.2, -0.15) is 0 Å². The molecule has 5 nitrogen and oxygen atoms in total. The van der Waals surface area contributed by atoms with Crippen LogP contribution in [0, 0.1) is 0 Å². The molecule has 0 radical (unpaired) electrons. The Morgan fingerprint density at radius 3 is 2.52 bits per heavy atom. The number of carbonyl (C=O) groups is 2. The number of Topliss-reactive ketones (excluding diaryl/α,β-unsaturated/α-hetero) is 1. The van der Waals surface area contributed by atoms with Crippen LogP contribution in [0.5, 0.6) is 5.75 Å². The first kappa shape index (κ1) is 13.1. The van der Waals surface area contributed by atoms with Crippen LogP contribution in [0.3, 0.4) is 0 Å². The standard InChI is InChI=1S/C16H12N2O3/c1-21-11-6-4-5-10(9-11)17-15-14(19)12-7-2-3-8-13(12)16(20)18-15/h2-9H,1H3,(H,17,18,20). The molecule has 2 aromatic carbocycles. The highest BCUT2D eigenvalue weighted by molar-refractivity contribution is 6.51. The summed E-state index contributed by atoms with van der Waals surface area (Å²) in [5.74, 6) is 0.0265. The van der Waals surface area contributed by atoms with Crippen LogP contribution in [0.2, 0.25) is 0 Å². The molecule has 1 aliphatic heterocycles. The van der Waals surface area contributed by atoms with Gasteiger partial charge in [-0.15, -0.1) is 0 Å². The van der Waals surface area contributed by atoms with Gasteiger partial charge >= 0.3 is 0 Å². The van der Waals surface area contributed by atoms with Gasteiger partial charge in [-0.3, -0.25) is 9.59 Å². The van der Waals surface area contributed by atoms with Crippen molar-refractivity contribution in [3.63, 3.8) is 0 Å². The summed E-state index contributed by atoms with van der Waals surface area (Å²) < 4.78 is 5.11. The number of carbonyl (C=O) groups excluding carboxylic acids is 2. The minimum absolute atomic E-state index is 0.0203. The van der Waals surface area contributed by atoms with Crippen LogP contribution in [-0.4, -0.2) is 24.6 Å². The lowest BCUT2D eigenvalue weighted by Gasteiger charge is -2.16. The zero-order valence-electron chi connectivity index (χ0n) is 11.3. The average Bonchev–Trinajstić information content (AvgIpc) is 2.52. The second-order valence-electron chi connectivity index (χ2n) is 4.49. The Kier molecular flexibility index (Phi) is 3.23. The monoisotopic (exact) mass is 280 g/mol. The zero-order valence-corrected chi connectivity index (χ0v) is 11.3. The number of hydrogen-bond acceptors (Lipinski definition) is 4. The molecule has 5 heteroatoms. The van der Waals surface area contributed by atoms with Gasteiger partial charge in [0.15, 0.2) is 5.84 Å². The number of aliphatic imine (C=N–C) groups is 1. The second kappa shape index (κ2) is 5.20. The molecular weight excluding hydrogens is 268 g/mol. The Hall–Kier alpha value is -2.95. The second-order valence-corrected chi connectivity index (χ2v) is 4.49. The number of methoxy groups -OCH3 is 1. The Balaban J connectivity index is 2.02. The van der Waals surface area contributed by atoms with E-state index >= 15 is 0 Å². The van der Waals surface area contributed by atoms with Crippen molar-refractivity contribution in [2.75, 3.05) is 7.11 Å². The Morgan fingerprint density at radius 1 is 1.00 bits per heavy atom. The van der Waals surface area contributed by atoms with Crippen molar-refractivity contribution >= 4 is 23.2 Å². The number of ketones is 1. The van der Waals surface area contributed by atoms with Gasteiger partial charge in [0.25, 0.3) is 5.91 Å². The normalized spacial score (nSPS) is 15.6. The predicted molar refractivity (Wildman–Crippen MR) is 78.3 cm³/mol. The minimum Gasteiger partial charge on any atom is -0.497 e. The molecule has 0 spiro atoms. The van der Waals surface area contributed by atoms with E-state index in [2.05, 4.69) is 10.3 Å². The summed E-state index contributed by atoms with van der Waals surface area (Å²) in [5, 5.41) is 2.53. The summed E-state index contributed by atoms with van der Waals surface area (Å²) in [4.78, 5) is 28.5. The van der Waals surface area contributed by atoms with E-state index in [1.165, 1.54) is 0 Å². The van der Waals surface area contributed by atoms with Crippen LogP contribution in [0.15, 0.2) is 53.5 Å². The lowest BCUT2D eigenvalue weighted by Crippen LogP contribution is -2.42. The molecule has 2 aromatic rings. The van der Waals surface area contributed by atoms with E-state index in [0.29, 0.717) is 22.6 Å². The number of amidine groups is 1. The van der Waals surface area contributed by atoms with Gasteiger partial charge in [-0.05, 0) is 18.2 Å². The van der Waals surface area contributed by atoms with Crippen molar-refractivity contribution in [3.8, 4) is 5.75 Å². The van der Waals surface area contributed by atoms with Crippen molar-refractivity contribution < 1.29 is 14.3 Å². The summed E-state index contributed by atoms with van der Waals surface area (Å²) in [5.41, 5.74) is 1.27. The fourth-order valence-corrected chi connectivity index (χ4v) is 2.13. The number of benzene rings is 2. The predicted octanol–water partition coefficient (Wildman–Crippen LogP) is 2.35. The highest BCUT2D eigenvalue weighted by atomic mass is 16.5. The number of hydrogen-bond donors (Lipinski definition) is 1. The highest BCUT2D eigenvalue weighted by Gasteiger charge is 2.28. The first-order chi connectivity index (χ1) is 10.2. The van der Waals surface area contributed by atoms with Crippen LogP contribution in [-0.2, 0) is 0 Å². The maximum absolute atomic E-state index is 12.3. The largest absolute Gasteiger partial charge is 0.497 e. The quantitative estimate of drug-likeness (QED) is 0.918. The topological polar surface area (TPSA) is 67.8 Å². The average molecular weight is 280 g/mol. The molecule has 0 saturated heterocycles. The highest BCUT2D eigenvalue weighted by Crippen LogP contribution is 2.21. The number of amides is 1. The van der Waals surface area contributed by atoms with Crippen LogP contribution in [0.25, 0.3) is 0 Å². The van der Waals surface area contributed by atoms with Crippen molar-refractivity contribution in [1.82, 2.24) is 5.32 Å². The van der Waals surface area contributed by atoms with E-state index in [1.54, 1.807) is 55.6 Å². The van der Waals surface area contributed by atoms with Gasteiger partial charge in [0.1, 0.15) is 5.75 Å². The van der Waals surface area contributed by atoms with E-state index in [1.807, 2.05) is 0 Å². The lowest BCUT2D eigenvalue weighted by atomic mass is 9.98. The van der Waals surface area contributed by atoms with Crippen LogP contribution in [0.4, 0.5) is 5.69 Å². The smallest absolute Gasteiger partial charge is 0.257 e. The third kappa shape index (κ3) is 2.41. The number of nitrogens with zero attached hydrogens (tertiary/aromatic N) is 1. The third-order valence-electron chi connectivity index (χ3n) is 3.16. The molecule has 0 unspecified atom stereocenters. The van der Waals surface area contributed by atoms with Crippen molar-refractivity contribution in [2.24, 2.45) is 4.99 Å². The lowest BCUT2D eigenvalue weighted by molar-refractivity contribution is 0.0942. The summed E-state index contributed by atoms with van der Waals surface area (Å²) in [6, 6.07) is 13.6. The molecule has 21 heavy (non-hydrogen) atoms.